The van der Waals surface area contributed by atoms with Gasteiger partial charge in [-0.3, -0.25) is 4.79 Å². The Kier molecular flexibility index (Phi) is 3.95. The lowest BCUT2D eigenvalue weighted by atomic mass is 10.1. The zero-order chi connectivity index (χ0) is 14.0. The van der Waals surface area contributed by atoms with Crippen molar-refractivity contribution in [3.05, 3.63) is 23.8 Å². The number of piperidine rings is 1. The number of aliphatic hydroxyl groups excluding tert-OH is 1. The Morgan fingerprint density at radius 2 is 2.21 bits per heavy atom. The van der Waals surface area contributed by atoms with Gasteiger partial charge in [-0.25, -0.2) is 0 Å². The number of amides is 1. The van der Waals surface area contributed by atoms with E-state index < -0.39 is 0 Å². The van der Waals surface area contributed by atoms with Crippen LogP contribution in [0.3, 0.4) is 0 Å². The van der Waals surface area contributed by atoms with E-state index in [0.29, 0.717) is 17.8 Å². The molecule has 3 N–H and O–H groups in total. The maximum Gasteiger partial charge on any atom is 0.253 e. The molecule has 0 radical (unpaired) electrons. The van der Waals surface area contributed by atoms with Crippen molar-refractivity contribution in [2.75, 3.05) is 37.8 Å². The molecule has 1 unspecified atom stereocenters. The number of carbonyl (C=O) groups is 1. The molecule has 104 valence electrons. The molecule has 1 aromatic rings. The first-order valence-corrected chi connectivity index (χ1v) is 6.53. The number of anilines is 2. The van der Waals surface area contributed by atoms with Gasteiger partial charge in [0, 0.05) is 32.7 Å². The van der Waals surface area contributed by atoms with E-state index in [1.54, 1.807) is 31.1 Å². The Hall–Kier alpha value is -1.75. The maximum absolute atomic E-state index is 12.0. The minimum atomic E-state index is -0.318. The van der Waals surface area contributed by atoms with Crippen LogP contribution < -0.4 is 10.6 Å². The van der Waals surface area contributed by atoms with Crippen LogP contribution in [-0.2, 0) is 0 Å². The zero-order valence-corrected chi connectivity index (χ0v) is 11.5. The van der Waals surface area contributed by atoms with Crippen molar-refractivity contribution in [1.29, 1.82) is 0 Å². The van der Waals surface area contributed by atoms with Crippen molar-refractivity contribution in [2.45, 2.75) is 18.9 Å². The standard InChI is InChI=1S/C14H21N3O2/c1-16(2)14(19)10-5-6-12(15)13(8-10)17-7-3-4-11(18)9-17/h5-6,8,11,18H,3-4,7,9,15H2,1-2H3. The molecular weight excluding hydrogens is 242 g/mol. The molecule has 0 saturated carbocycles. The summed E-state index contributed by atoms with van der Waals surface area (Å²) in [4.78, 5) is 15.6. The molecular formula is C14H21N3O2. The van der Waals surface area contributed by atoms with Gasteiger partial charge >= 0.3 is 0 Å². The normalized spacial score (nSPS) is 19.3. The Labute approximate surface area is 113 Å². The average molecular weight is 263 g/mol. The van der Waals surface area contributed by atoms with Gasteiger partial charge in [-0.05, 0) is 31.0 Å². The van der Waals surface area contributed by atoms with Gasteiger partial charge in [-0.2, -0.15) is 0 Å². The van der Waals surface area contributed by atoms with Gasteiger partial charge in [0.1, 0.15) is 0 Å². The van der Waals surface area contributed by atoms with E-state index in [4.69, 9.17) is 5.73 Å². The van der Waals surface area contributed by atoms with Crippen LogP contribution in [0.1, 0.15) is 23.2 Å². The van der Waals surface area contributed by atoms with Gasteiger partial charge in [0.25, 0.3) is 5.91 Å². The van der Waals surface area contributed by atoms with Crippen LogP contribution in [0.15, 0.2) is 18.2 Å². The van der Waals surface area contributed by atoms with Gasteiger partial charge in [-0.1, -0.05) is 0 Å². The highest BCUT2D eigenvalue weighted by molar-refractivity contribution is 5.96. The first kappa shape index (κ1) is 13.7. The summed E-state index contributed by atoms with van der Waals surface area (Å²) in [7, 11) is 3.45. The van der Waals surface area contributed by atoms with Gasteiger partial charge < -0.3 is 20.6 Å². The quantitative estimate of drug-likeness (QED) is 0.779. The molecule has 19 heavy (non-hydrogen) atoms. The SMILES string of the molecule is CN(C)C(=O)c1ccc(N)c(N2CCCC(O)C2)c1. The monoisotopic (exact) mass is 263 g/mol. The van der Waals surface area contributed by atoms with Gasteiger partial charge in [-0.15, -0.1) is 0 Å². The van der Waals surface area contributed by atoms with Crippen molar-refractivity contribution in [3.63, 3.8) is 0 Å². The number of benzene rings is 1. The van der Waals surface area contributed by atoms with Gasteiger partial charge in [0.2, 0.25) is 0 Å². The highest BCUT2D eigenvalue weighted by Crippen LogP contribution is 2.27. The van der Waals surface area contributed by atoms with E-state index in [9.17, 15) is 9.90 Å². The number of hydrogen-bond donors (Lipinski definition) is 2. The fraction of sp³-hybridized carbons (Fsp3) is 0.500. The number of hydrogen-bond acceptors (Lipinski definition) is 4. The molecule has 1 atom stereocenters. The molecule has 0 aliphatic carbocycles. The van der Waals surface area contributed by atoms with Crippen molar-refractivity contribution in [3.8, 4) is 0 Å². The highest BCUT2D eigenvalue weighted by atomic mass is 16.3. The molecule has 1 amide bonds. The number of β-amino-alcohol motifs (C(OH)–C–C–N with tert-alkyl or cyclic N) is 1. The first-order valence-electron chi connectivity index (χ1n) is 6.53. The average Bonchev–Trinajstić information content (AvgIpc) is 2.38. The van der Waals surface area contributed by atoms with E-state index in [1.807, 2.05) is 6.07 Å². The summed E-state index contributed by atoms with van der Waals surface area (Å²) in [5.74, 6) is -0.0428. The third-order valence-corrected chi connectivity index (χ3v) is 3.42. The minimum Gasteiger partial charge on any atom is -0.397 e. The summed E-state index contributed by atoms with van der Waals surface area (Å²) in [6.45, 7) is 1.44. The second kappa shape index (κ2) is 5.48. The fourth-order valence-electron chi connectivity index (χ4n) is 2.38. The lowest BCUT2D eigenvalue weighted by molar-refractivity contribution is 0.0827. The number of carbonyl (C=O) groups excluding carboxylic acids is 1. The predicted octanol–water partition coefficient (Wildman–Crippen LogP) is 0.932. The second-order valence-corrected chi connectivity index (χ2v) is 5.22. The van der Waals surface area contributed by atoms with E-state index in [1.165, 1.54) is 0 Å². The van der Waals surface area contributed by atoms with Crippen LogP contribution in [0.5, 0.6) is 0 Å². The van der Waals surface area contributed by atoms with Crippen molar-refractivity contribution < 1.29 is 9.90 Å². The zero-order valence-electron chi connectivity index (χ0n) is 11.5. The summed E-state index contributed by atoms with van der Waals surface area (Å²) in [6, 6.07) is 5.31. The van der Waals surface area contributed by atoms with Crippen molar-refractivity contribution in [2.24, 2.45) is 0 Å². The molecule has 1 heterocycles. The number of rotatable bonds is 2. The van der Waals surface area contributed by atoms with Crippen LogP contribution in [0.25, 0.3) is 0 Å². The van der Waals surface area contributed by atoms with Gasteiger partial charge in [0.05, 0.1) is 17.5 Å². The topological polar surface area (TPSA) is 69.8 Å². The minimum absolute atomic E-state index is 0.0428. The summed E-state index contributed by atoms with van der Waals surface area (Å²) in [5.41, 5.74) is 8.10. The summed E-state index contributed by atoms with van der Waals surface area (Å²) < 4.78 is 0. The Balaban J connectivity index is 2.29. The van der Waals surface area contributed by atoms with E-state index >= 15 is 0 Å². The second-order valence-electron chi connectivity index (χ2n) is 5.22. The largest absolute Gasteiger partial charge is 0.397 e. The van der Waals surface area contributed by atoms with E-state index in [0.717, 1.165) is 25.1 Å². The van der Waals surface area contributed by atoms with Crippen LogP contribution in [0, 0.1) is 0 Å². The Morgan fingerprint density at radius 3 is 2.84 bits per heavy atom. The Bertz CT molecular complexity index is 474. The fourth-order valence-corrected chi connectivity index (χ4v) is 2.38. The maximum atomic E-state index is 12.0. The summed E-state index contributed by atoms with van der Waals surface area (Å²) in [6.07, 6.45) is 1.44. The molecule has 0 bridgehead atoms. The van der Waals surface area contributed by atoms with Crippen LogP contribution in [-0.4, -0.2) is 49.2 Å². The van der Waals surface area contributed by atoms with Crippen LogP contribution in [0.2, 0.25) is 0 Å². The lowest BCUT2D eigenvalue weighted by Gasteiger charge is -2.33. The lowest BCUT2D eigenvalue weighted by Crippen LogP contribution is -2.38. The van der Waals surface area contributed by atoms with Crippen LogP contribution in [0.4, 0.5) is 11.4 Å². The first-order chi connectivity index (χ1) is 8.99. The molecule has 0 aromatic heterocycles. The third kappa shape index (κ3) is 2.98. The molecule has 2 rings (SSSR count). The molecule has 1 aliphatic rings. The van der Waals surface area contributed by atoms with Crippen molar-refractivity contribution >= 4 is 17.3 Å². The molecule has 1 aliphatic heterocycles. The van der Waals surface area contributed by atoms with Gasteiger partial charge in [0.15, 0.2) is 0 Å². The van der Waals surface area contributed by atoms with Crippen molar-refractivity contribution in [1.82, 2.24) is 4.90 Å². The smallest absolute Gasteiger partial charge is 0.253 e. The number of nitrogen functional groups attached to an aromatic ring is 1. The molecule has 1 saturated heterocycles. The molecule has 1 fully saturated rings. The molecule has 1 aromatic carbocycles. The van der Waals surface area contributed by atoms with E-state index in [2.05, 4.69) is 4.90 Å². The van der Waals surface area contributed by atoms with E-state index in [-0.39, 0.29) is 12.0 Å². The highest BCUT2D eigenvalue weighted by Gasteiger charge is 2.20. The summed E-state index contributed by atoms with van der Waals surface area (Å²) in [5, 5.41) is 9.74. The summed E-state index contributed by atoms with van der Waals surface area (Å²) >= 11 is 0. The molecule has 0 spiro atoms. The number of aliphatic hydroxyl groups is 1. The number of nitrogens with zero attached hydrogens (tertiary/aromatic N) is 2. The predicted molar refractivity (Wildman–Crippen MR) is 76.3 cm³/mol. The third-order valence-electron chi connectivity index (χ3n) is 3.42. The molecule has 5 nitrogen and oxygen atoms in total. The van der Waals surface area contributed by atoms with Crippen LogP contribution >= 0.6 is 0 Å². The number of nitrogens with two attached hydrogens (primary N) is 1. The molecule has 5 heteroatoms. The Morgan fingerprint density at radius 1 is 1.47 bits per heavy atom.